The van der Waals surface area contributed by atoms with Crippen LogP contribution in [0.25, 0.3) is 0 Å². The fraction of sp³-hybridized carbons (Fsp3) is 0.417. The minimum Gasteiger partial charge on any atom is -0.496 e. The lowest BCUT2D eigenvalue weighted by Crippen LogP contribution is -2.36. The summed E-state index contributed by atoms with van der Waals surface area (Å²) in [6.07, 6.45) is -4.45. The lowest BCUT2D eigenvalue weighted by atomic mass is 10.3. The maximum Gasteiger partial charge on any atom is 0.405 e. The van der Waals surface area contributed by atoms with Crippen molar-refractivity contribution in [2.24, 2.45) is 0 Å². The molecule has 0 aromatic heterocycles. The summed E-state index contributed by atoms with van der Waals surface area (Å²) in [5.41, 5.74) is 0. The van der Waals surface area contributed by atoms with Crippen LogP contribution in [-0.2, 0) is 4.79 Å². The first-order valence-electron chi connectivity index (χ1n) is 5.53. The van der Waals surface area contributed by atoms with Crippen LogP contribution in [0.15, 0.2) is 18.2 Å². The first-order chi connectivity index (χ1) is 9.34. The molecule has 0 heterocycles. The maximum atomic E-state index is 11.9. The molecule has 112 valence electrons. The van der Waals surface area contributed by atoms with E-state index in [9.17, 15) is 18.0 Å². The van der Waals surface area contributed by atoms with Crippen molar-refractivity contribution in [3.05, 3.63) is 18.2 Å². The van der Waals surface area contributed by atoms with Crippen LogP contribution in [0.4, 0.5) is 13.2 Å². The van der Waals surface area contributed by atoms with Gasteiger partial charge in [-0.05, 0) is 0 Å². The maximum absolute atomic E-state index is 11.9. The van der Waals surface area contributed by atoms with E-state index in [-0.39, 0.29) is 5.75 Å². The van der Waals surface area contributed by atoms with Crippen LogP contribution in [0.2, 0.25) is 0 Å². The van der Waals surface area contributed by atoms with Gasteiger partial charge in [-0.1, -0.05) is 0 Å². The number of hydrogen-bond acceptors (Lipinski definition) is 4. The van der Waals surface area contributed by atoms with Gasteiger partial charge in [-0.2, -0.15) is 13.2 Å². The molecule has 0 fully saturated rings. The molecule has 20 heavy (non-hydrogen) atoms. The van der Waals surface area contributed by atoms with Crippen molar-refractivity contribution in [2.75, 3.05) is 27.4 Å². The fourth-order valence-electron chi connectivity index (χ4n) is 1.26. The summed E-state index contributed by atoms with van der Waals surface area (Å²) in [6, 6.07) is 4.57. The molecule has 1 N–H and O–H groups in total. The van der Waals surface area contributed by atoms with E-state index in [1.165, 1.54) is 26.4 Å². The van der Waals surface area contributed by atoms with Gasteiger partial charge in [-0.15, -0.1) is 0 Å². The molecule has 1 rings (SSSR count). The largest absolute Gasteiger partial charge is 0.496 e. The Labute approximate surface area is 113 Å². The number of carbonyl (C=O) groups excluding carboxylic acids is 1. The van der Waals surface area contributed by atoms with Crippen LogP contribution in [-0.4, -0.2) is 39.5 Å². The summed E-state index contributed by atoms with van der Waals surface area (Å²) >= 11 is 0. The van der Waals surface area contributed by atoms with Crippen LogP contribution in [0.1, 0.15) is 0 Å². The lowest BCUT2D eigenvalue weighted by molar-refractivity contribution is -0.139. The predicted molar refractivity (Wildman–Crippen MR) is 64.1 cm³/mol. The Kier molecular flexibility index (Phi) is 5.48. The average Bonchev–Trinajstić information content (AvgIpc) is 2.41. The molecule has 0 aliphatic heterocycles. The van der Waals surface area contributed by atoms with Gasteiger partial charge in [0, 0.05) is 18.2 Å². The monoisotopic (exact) mass is 293 g/mol. The van der Waals surface area contributed by atoms with Gasteiger partial charge in [0.1, 0.15) is 23.8 Å². The first-order valence-corrected chi connectivity index (χ1v) is 5.53. The van der Waals surface area contributed by atoms with Crippen LogP contribution >= 0.6 is 0 Å². The summed E-state index contributed by atoms with van der Waals surface area (Å²) < 4.78 is 50.7. The van der Waals surface area contributed by atoms with E-state index in [1.807, 2.05) is 0 Å². The van der Waals surface area contributed by atoms with Crippen LogP contribution < -0.4 is 19.5 Å². The molecule has 0 atom stereocenters. The predicted octanol–water partition coefficient (Wildman–Crippen LogP) is 1.76. The van der Waals surface area contributed by atoms with E-state index >= 15 is 0 Å². The smallest absolute Gasteiger partial charge is 0.405 e. The number of alkyl halides is 3. The molecule has 0 aliphatic carbocycles. The Bertz CT molecular complexity index is 440. The van der Waals surface area contributed by atoms with Gasteiger partial charge in [0.15, 0.2) is 6.61 Å². The molecule has 0 unspecified atom stereocenters. The summed E-state index contributed by atoms with van der Waals surface area (Å²) in [4.78, 5) is 11.2. The third-order valence-corrected chi connectivity index (χ3v) is 2.18. The lowest BCUT2D eigenvalue weighted by Gasteiger charge is -2.11. The molecule has 0 saturated heterocycles. The minimum atomic E-state index is -4.45. The van der Waals surface area contributed by atoms with Gasteiger partial charge in [-0.3, -0.25) is 4.79 Å². The summed E-state index contributed by atoms with van der Waals surface area (Å²) in [6.45, 7) is -1.93. The minimum absolute atomic E-state index is 0.253. The van der Waals surface area contributed by atoms with Crippen molar-refractivity contribution in [1.82, 2.24) is 5.32 Å². The number of amides is 1. The quantitative estimate of drug-likeness (QED) is 0.868. The standard InChI is InChI=1S/C12H14F3NO4/c1-18-8-3-9(19-2)5-10(4-8)20-6-11(17)16-7-12(13,14)15/h3-5H,6-7H2,1-2H3,(H,16,17). The molecule has 0 saturated carbocycles. The Morgan fingerprint density at radius 3 is 2.05 bits per heavy atom. The van der Waals surface area contributed by atoms with Crippen molar-refractivity contribution in [1.29, 1.82) is 0 Å². The van der Waals surface area contributed by atoms with Gasteiger partial charge in [0.05, 0.1) is 14.2 Å². The molecule has 0 radical (unpaired) electrons. The van der Waals surface area contributed by atoms with E-state index < -0.39 is 25.2 Å². The SMILES string of the molecule is COc1cc(OC)cc(OCC(=O)NCC(F)(F)F)c1. The fourth-order valence-corrected chi connectivity index (χ4v) is 1.26. The molecule has 0 spiro atoms. The molecule has 1 aromatic carbocycles. The zero-order valence-electron chi connectivity index (χ0n) is 10.9. The van der Waals surface area contributed by atoms with Gasteiger partial charge >= 0.3 is 6.18 Å². The van der Waals surface area contributed by atoms with Gasteiger partial charge in [-0.25, -0.2) is 0 Å². The molecular formula is C12H14F3NO4. The van der Waals surface area contributed by atoms with Crippen molar-refractivity contribution < 1.29 is 32.2 Å². The van der Waals surface area contributed by atoms with Gasteiger partial charge < -0.3 is 19.5 Å². The number of hydrogen-bond donors (Lipinski definition) is 1. The van der Waals surface area contributed by atoms with E-state index in [4.69, 9.17) is 14.2 Å². The van der Waals surface area contributed by atoms with Crippen molar-refractivity contribution in [3.63, 3.8) is 0 Å². The molecule has 0 bridgehead atoms. The molecule has 8 heteroatoms. The van der Waals surface area contributed by atoms with Crippen molar-refractivity contribution in [2.45, 2.75) is 6.18 Å². The Morgan fingerprint density at radius 2 is 1.60 bits per heavy atom. The van der Waals surface area contributed by atoms with E-state index in [1.54, 1.807) is 11.4 Å². The van der Waals surface area contributed by atoms with Crippen LogP contribution in [0.3, 0.4) is 0 Å². The highest BCUT2D eigenvalue weighted by Gasteiger charge is 2.27. The zero-order chi connectivity index (χ0) is 15.2. The third-order valence-electron chi connectivity index (χ3n) is 2.18. The molecular weight excluding hydrogens is 279 g/mol. The Hall–Kier alpha value is -2.12. The zero-order valence-corrected chi connectivity index (χ0v) is 10.9. The van der Waals surface area contributed by atoms with Crippen molar-refractivity contribution in [3.8, 4) is 17.2 Å². The summed E-state index contributed by atoms with van der Waals surface area (Å²) in [5, 5.41) is 1.70. The average molecular weight is 293 g/mol. The Morgan fingerprint density at radius 1 is 1.10 bits per heavy atom. The molecule has 1 aromatic rings. The third kappa shape index (κ3) is 5.68. The number of ether oxygens (including phenoxy) is 3. The second-order valence-corrected chi connectivity index (χ2v) is 3.73. The molecule has 1 amide bonds. The number of methoxy groups -OCH3 is 2. The molecule has 5 nitrogen and oxygen atoms in total. The van der Waals surface area contributed by atoms with E-state index in [2.05, 4.69) is 0 Å². The van der Waals surface area contributed by atoms with E-state index in [0.29, 0.717) is 11.5 Å². The number of carbonyl (C=O) groups is 1. The normalized spacial score (nSPS) is 10.8. The summed E-state index contributed by atoms with van der Waals surface area (Å²) in [7, 11) is 2.88. The highest BCUT2D eigenvalue weighted by atomic mass is 19.4. The highest BCUT2D eigenvalue weighted by Crippen LogP contribution is 2.27. The summed E-state index contributed by atoms with van der Waals surface area (Å²) in [5.74, 6) is 0.262. The second kappa shape index (κ2) is 6.88. The van der Waals surface area contributed by atoms with Gasteiger partial charge in [0.25, 0.3) is 5.91 Å². The number of benzene rings is 1. The van der Waals surface area contributed by atoms with Crippen molar-refractivity contribution >= 4 is 5.91 Å². The van der Waals surface area contributed by atoms with Crippen LogP contribution in [0.5, 0.6) is 17.2 Å². The number of halogens is 3. The van der Waals surface area contributed by atoms with Gasteiger partial charge in [0.2, 0.25) is 0 Å². The Balaban J connectivity index is 2.54. The number of nitrogens with one attached hydrogen (secondary N) is 1. The molecule has 0 aliphatic rings. The topological polar surface area (TPSA) is 56.8 Å². The first kappa shape index (κ1) is 15.9. The van der Waals surface area contributed by atoms with Crippen LogP contribution in [0, 0.1) is 0 Å². The highest BCUT2D eigenvalue weighted by molar-refractivity contribution is 5.77. The second-order valence-electron chi connectivity index (χ2n) is 3.73. The number of rotatable bonds is 6. The van der Waals surface area contributed by atoms with E-state index in [0.717, 1.165) is 0 Å².